The van der Waals surface area contributed by atoms with E-state index in [1.54, 1.807) is 13.0 Å². The summed E-state index contributed by atoms with van der Waals surface area (Å²) in [5, 5.41) is 3.48. The van der Waals surface area contributed by atoms with Gasteiger partial charge in [-0.25, -0.2) is 4.79 Å². The lowest BCUT2D eigenvalue weighted by atomic mass is 9.94. The predicted octanol–water partition coefficient (Wildman–Crippen LogP) is 3.53. The molecule has 4 nitrogen and oxygen atoms in total. The summed E-state index contributed by atoms with van der Waals surface area (Å²) in [5.74, 6) is -0.394. The van der Waals surface area contributed by atoms with Crippen LogP contribution >= 0.6 is 11.3 Å². The van der Waals surface area contributed by atoms with Crippen molar-refractivity contribution in [2.24, 2.45) is 5.92 Å². The van der Waals surface area contributed by atoms with E-state index >= 15 is 0 Å². The van der Waals surface area contributed by atoms with E-state index in [1.165, 1.54) is 11.3 Å². The molecule has 1 unspecified atom stereocenters. The van der Waals surface area contributed by atoms with Crippen LogP contribution in [0, 0.1) is 12.8 Å². The van der Waals surface area contributed by atoms with Gasteiger partial charge in [-0.2, -0.15) is 0 Å². The molecule has 5 heteroatoms. The smallest absolute Gasteiger partial charge is 0.341 e. The number of aryl methyl sites for hydroxylation is 1. The quantitative estimate of drug-likeness (QED) is 0.682. The molecule has 1 aliphatic carbocycles. The Morgan fingerprint density at radius 3 is 2.90 bits per heavy atom. The van der Waals surface area contributed by atoms with Crippen LogP contribution in [0.4, 0.5) is 5.00 Å². The van der Waals surface area contributed by atoms with E-state index in [1.807, 2.05) is 13.0 Å². The molecule has 0 bridgehead atoms. The molecule has 0 saturated carbocycles. The number of allylic oxidation sites excluding steroid dienone is 2. The summed E-state index contributed by atoms with van der Waals surface area (Å²) in [4.78, 5) is 25.1. The molecule has 1 N–H and O–H groups in total. The molecule has 2 rings (SSSR count). The van der Waals surface area contributed by atoms with Gasteiger partial charge in [0.1, 0.15) is 5.00 Å². The molecule has 1 heterocycles. The Hall–Kier alpha value is -1.62. The molecule has 1 atom stereocenters. The molecule has 0 radical (unpaired) electrons. The number of thiophene rings is 1. The number of hydrogen-bond donors (Lipinski definition) is 1. The maximum Gasteiger partial charge on any atom is 0.341 e. The number of hydrogen-bond acceptors (Lipinski definition) is 4. The molecule has 0 spiro atoms. The third-order valence-electron chi connectivity index (χ3n) is 3.23. The van der Waals surface area contributed by atoms with Crippen molar-refractivity contribution in [3.63, 3.8) is 0 Å². The van der Waals surface area contributed by atoms with Gasteiger partial charge in [-0.1, -0.05) is 12.2 Å². The fourth-order valence-corrected chi connectivity index (χ4v) is 3.12. The third kappa shape index (κ3) is 3.48. The van der Waals surface area contributed by atoms with Gasteiger partial charge in [0.15, 0.2) is 0 Å². The fraction of sp³-hybridized carbons (Fsp3) is 0.467. The highest BCUT2D eigenvalue weighted by Crippen LogP contribution is 2.30. The first-order valence-electron chi connectivity index (χ1n) is 6.85. The first kappa shape index (κ1) is 14.8. The van der Waals surface area contributed by atoms with Crippen molar-refractivity contribution in [2.75, 3.05) is 11.9 Å². The number of anilines is 1. The Morgan fingerprint density at radius 1 is 1.45 bits per heavy atom. The molecular formula is C15H19NO3S. The van der Waals surface area contributed by atoms with Crippen LogP contribution < -0.4 is 5.32 Å². The van der Waals surface area contributed by atoms with Crippen LogP contribution in [0.1, 0.15) is 41.4 Å². The van der Waals surface area contributed by atoms with Crippen molar-refractivity contribution >= 4 is 28.2 Å². The minimum absolute atomic E-state index is 0.00236. The standard InChI is InChI=1S/C15H19NO3S/c1-3-19-15(18)12-9-10(2)20-14(12)16-13(17)11-7-5-4-6-8-11/h4-5,9,11H,3,6-8H2,1-2H3,(H,16,17). The Kier molecular flexibility index (Phi) is 4.95. The lowest BCUT2D eigenvalue weighted by Crippen LogP contribution is -2.24. The van der Waals surface area contributed by atoms with Gasteiger partial charge in [-0.3, -0.25) is 4.79 Å². The Bertz CT molecular complexity index is 533. The van der Waals surface area contributed by atoms with E-state index in [9.17, 15) is 9.59 Å². The van der Waals surface area contributed by atoms with Crippen LogP contribution in [0.2, 0.25) is 0 Å². The lowest BCUT2D eigenvalue weighted by molar-refractivity contribution is -0.120. The van der Waals surface area contributed by atoms with Gasteiger partial charge in [0.25, 0.3) is 0 Å². The van der Waals surface area contributed by atoms with Crippen molar-refractivity contribution in [3.8, 4) is 0 Å². The highest BCUT2D eigenvalue weighted by molar-refractivity contribution is 7.16. The van der Waals surface area contributed by atoms with Gasteiger partial charge in [0.05, 0.1) is 12.2 Å². The maximum absolute atomic E-state index is 12.2. The molecule has 0 fully saturated rings. The number of carbonyl (C=O) groups excluding carboxylic acids is 2. The van der Waals surface area contributed by atoms with E-state index in [-0.39, 0.29) is 17.8 Å². The minimum Gasteiger partial charge on any atom is -0.462 e. The average molecular weight is 293 g/mol. The van der Waals surface area contributed by atoms with Crippen LogP contribution in [0.15, 0.2) is 18.2 Å². The lowest BCUT2D eigenvalue weighted by Gasteiger charge is -2.17. The number of ether oxygens (including phenoxy) is 1. The monoisotopic (exact) mass is 293 g/mol. The van der Waals surface area contributed by atoms with Crippen LogP contribution in [0.5, 0.6) is 0 Å². The molecule has 0 saturated heterocycles. The first-order valence-corrected chi connectivity index (χ1v) is 7.67. The average Bonchev–Trinajstić information content (AvgIpc) is 2.81. The number of carbonyl (C=O) groups is 2. The molecular weight excluding hydrogens is 274 g/mol. The van der Waals surface area contributed by atoms with Gasteiger partial charge < -0.3 is 10.1 Å². The zero-order valence-electron chi connectivity index (χ0n) is 11.8. The fourth-order valence-electron chi connectivity index (χ4n) is 2.21. The van der Waals surface area contributed by atoms with E-state index in [0.717, 1.165) is 24.1 Å². The molecule has 108 valence electrons. The highest BCUT2D eigenvalue weighted by Gasteiger charge is 2.22. The first-order chi connectivity index (χ1) is 9.61. The second kappa shape index (κ2) is 6.70. The van der Waals surface area contributed by atoms with E-state index in [2.05, 4.69) is 11.4 Å². The van der Waals surface area contributed by atoms with Gasteiger partial charge in [-0.15, -0.1) is 11.3 Å². The van der Waals surface area contributed by atoms with Crippen molar-refractivity contribution < 1.29 is 14.3 Å². The molecule has 1 aromatic rings. The SMILES string of the molecule is CCOC(=O)c1cc(C)sc1NC(=O)C1CC=CCC1. The van der Waals surface area contributed by atoms with Gasteiger partial charge in [0.2, 0.25) is 5.91 Å². The zero-order valence-corrected chi connectivity index (χ0v) is 12.6. The second-order valence-corrected chi connectivity index (χ2v) is 6.05. The van der Waals surface area contributed by atoms with E-state index in [0.29, 0.717) is 17.2 Å². The summed E-state index contributed by atoms with van der Waals surface area (Å²) >= 11 is 1.41. The van der Waals surface area contributed by atoms with Gasteiger partial charge in [-0.05, 0) is 39.2 Å². The van der Waals surface area contributed by atoms with E-state index in [4.69, 9.17) is 4.74 Å². The molecule has 0 aromatic carbocycles. The summed E-state index contributed by atoms with van der Waals surface area (Å²) in [6.45, 7) is 4.00. The van der Waals surface area contributed by atoms with Crippen molar-refractivity contribution in [1.29, 1.82) is 0 Å². The Morgan fingerprint density at radius 2 is 2.25 bits per heavy atom. The summed E-state index contributed by atoms with van der Waals surface area (Å²) in [7, 11) is 0. The summed E-state index contributed by atoms with van der Waals surface area (Å²) in [6, 6.07) is 1.76. The highest BCUT2D eigenvalue weighted by atomic mass is 32.1. The number of rotatable bonds is 4. The number of amides is 1. The van der Waals surface area contributed by atoms with Crippen molar-refractivity contribution in [3.05, 3.63) is 28.7 Å². The van der Waals surface area contributed by atoms with Crippen LogP contribution in [-0.2, 0) is 9.53 Å². The summed E-state index contributed by atoms with van der Waals surface area (Å²) in [5.41, 5.74) is 0.453. The predicted molar refractivity (Wildman–Crippen MR) is 80.1 cm³/mol. The molecule has 20 heavy (non-hydrogen) atoms. The zero-order chi connectivity index (χ0) is 14.5. The number of nitrogens with one attached hydrogen (secondary N) is 1. The molecule has 1 aliphatic rings. The van der Waals surface area contributed by atoms with Crippen LogP contribution in [-0.4, -0.2) is 18.5 Å². The Labute approximate surface area is 122 Å². The van der Waals surface area contributed by atoms with Gasteiger partial charge in [0, 0.05) is 10.8 Å². The third-order valence-corrected chi connectivity index (χ3v) is 4.19. The largest absolute Gasteiger partial charge is 0.462 e. The van der Waals surface area contributed by atoms with Crippen LogP contribution in [0.3, 0.4) is 0 Å². The molecule has 1 aromatic heterocycles. The minimum atomic E-state index is -0.379. The second-order valence-electron chi connectivity index (χ2n) is 4.79. The van der Waals surface area contributed by atoms with Crippen molar-refractivity contribution in [1.82, 2.24) is 0 Å². The molecule has 0 aliphatic heterocycles. The maximum atomic E-state index is 12.2. The van der Waals surface area contributed by atoms with Crippen molar-refractivity contribution in [2.45, 2.75) is 33.1 Å². The van der Waals surface area contributed by atoms with Crippen LogP contribution in [0.25, 0.3) is 0 Å². The van der Waals surface area contributed by atoms with E-state index < -0.39 is 0 Å². The summed E-state index contributed by atoms with van der Waals surface area (Å²) < 4.78 is 5.01. The Balaban J connectivity index is 2.10. The normalized spacial score (nSPS) is 17.8. The number of esters is 1. The summed E-state index contributed by atoms with van der Waals surface area (Å²) in [6.07, 6.45) is 6.71. The van der Waals surface area contributed by atoms with Gasteiger partial charge >= 0.3 is 5.97 Å². The molecule has 1 amide bonds. The topological polar surface area (TPSA) is 55.4 Å².